The minimum absolute atomic E-state index is 0.121. The van der Waals surface area contributed by atoms with E-state index in [1.54, 1.807) is 13.8 Å². The van der Waals surface area contributed by atoms with E-state index in [0.717, 1.165) is 4.90 Å². The normalized spacial score (nSPS) is 11.6. The zero-order valence-electron chi connectivity index (χ0n) is 12.1. The summed E-state index contributed by atoms with van der Waals surface area (Å²) >= 11 is 0. The molecule has 0 saturated carbocycles. The average molecular weight is 290 g/mol. The standard InChI is InChI=1S/C12H22N2O6/c1-4-19-9(15)8-14(6-7-18-3)11(16)10(13)12(17)20-5-2/h10H,4-8,13H2,1-3H3. The second kappa shape index (κ2) is 10.2. The third-order valence-electron chi connectivity index (χ3n) is 2.31. The molecular weight excluding hydrogens is 268 g/mol. The maximum Gasteiger partial charge on any atom is 0.332 e. The summed E-state index contributed by atoms with van der Waals surface area (Å²) in [5.41, 5.74) is 5.51. The number of hydrogen-bond acceptors (Lipinski definition) is 7. The monoisotopic (exact) mass is 290 g/mol. The number of nitrogens with zero attached hydrogens (tertiary/aromatic N) is 1. The zero-order chi connectivity index (χ0) is 15.5. The van der Waals surface area contributed by atoms with Crippen LogP contribution in [-0.2, 0) is 28.6 Å². The van der Waals surface area contributed by atoms with E-state index in [-0.39, 0.29) is 32.9 Å². The topological polar surface area (TPSA) is 108 Å². The van der Waals surface area contributed by atoms with Gasteiger partial charge in [-0.05, 0) is 13.8 Å². The molecule has 0 aliphatic rings. The van der Waals surface area contributed by atoms with Gasteiger partial charge in [0.05, 0.1) is 19.8 Å². The van der Waals surface area contributed by atoms with E-state index in [4.69, 9.17) is 15.2 Å². The summed E-state index contributed by atoms with van der Waals surface area (Å²) in [5, 5.41) is 0. The van der Waals surface area contributed by atoms with Gasteiger partial charge in [-0.25, -0.2) is 4.79 Å². The van der Waals surface area contributed by atoms with Crippen molar-refractivity contribution < 1.29 is 28.6 Å². The van der Waals surface area contributed by atoms with Crippen molar-refractivity contribution in [3.8, 4) is 0 Å². The van der Waals surface area contributed by atoms with Crippen LogP contribution in [0.15, 0.2) is 0 Å². The molecular formula is C12H22N2O6. The molecule has 8 nitrogen and oxygen atoms in total. The number of carbonyl (C=O) groups is 3. The van der Waals surface area contributed by atoms with Gasteiger partial charge < -0.3 is 24.8 Å². The molecule has 116 valence electrons. The highest BCUT2D eigenvalue weighted by molar-refractivity contribution is 6.02. The van der Waals surface area contributed by atoms with Crippen LogP contribution in [0.25, 0.3) is 0 Å². The highest BCUT2D eigenvalue weighted by atomic mass is 16.5. The smallest absolute Gasteiger partial charge is 0.332 e. The minimum Gasteiger partial charge on any atom is -0.465 e. The minimum atomic E-state index is -1.46. The van der Waals surface area contributed by atoms with Crippen molar-refractivity contribution in [2.24, 2.45) is 5.73 Å². The van der Waals surface area contributed by atoms with E-state index in [2.05, 4.69) is 4.74 Å². The van der Waals surface area contributed by atoms with Crippen molar-refractivity contribution in [3.63, 3.8) is 0 Å². The Morgan fingerprint density at radius 3 is 2.25 bits per heavy atom. The number of amides is 1. The van der Waals surface area contributed by atoms with Gasteiger partial charge >= 0.3 is 11.9 Å². The predicted octanol–water partition coefficient (Wildman–Crippen LogP) is -1.09. The van der Waals surface area contributed by atoms with Crippen LogP contribution in [-0.4, -0.2) is 68.8 Å². The molecule has 0 spiro atoms. The molecule has 0 bridgehead atoms. The Morgan fingerprint density at radius 2 is 1.75 bits per heavy atom. The third kappa shape index (κ3) is 6.48. The lowest BCUT2D eigenvalue weighted by atomic mass is 10.2. The fraction of sp³-hybridized carbons (Fsp3) is 0.750. The van der Waals surface area contributed by atoms with Crippen LogP contribution in [0.1, 0.15) is 13.8 Å². The van der Waals surface area contributed by atoms with Gasteiger partial charge in [-0.2, -0.15) is 0 Å². The molecule has 1 unspecified atom stereocenters. The van der Waals surface area contributed by atoms with E-state index in [0.29, 0.717) is 0 Å². The fourth-order valence-electron chi connectivity index (χ4n) is 1.36. The van der Waals surface area contributed by atoms with Crippen LogP contribution in [0.3, 0.4) is 0 Å². The molecule has 0 aromatic heterocycles. The maximum absolute atomic E-state index is 12.0. The summed E-state index contributed by atoms with van der Waals surface area (Å²) in [6.07, 6.45) is 0. The van der Waals surface area contributed by atoms with E-state index >= 15 is 0 Å². The second-order valence-corrected chi connectivity index (χ2v) is 3.79. The zero-order valence-corrected chi connectivity index (χ0v) is 12.1. The van der Waals surface area contributed by atoms with Gasteiger partial charge in [-0.15, -0.1) is 0 Å². The summed E-state index contributed by atoms with van der Waals surface area (Å²) in [5.74, 6) is -2.11. The summed E-state index contributed by atoms with van der Waals surface area (Å²) in [7, 11) is 1.46. The molecule has 0 fully saturated rings. The van der Waals surface area contributed by atoms with Crippen LogP contribution >= 0.6 is 0 Å². The lowest BCUT2D eigenvalue weighted by Gasteiger charge is -2.23. The molecule has 0 radical (unpaired) electrons. The van der Waals surface area contributed by atoms with Crippen LogP contribution in [0.2, 0.25) is 0 Å². The Balaban J connectivity index is 4.69. The first-order valence-corrected chi connectivity index (χ1v) is 6.33. The molecule has 8 heteroatoms. The van der Waals surface area contributed by atoms with Crippen molar-refractivity contribution in [1.29, 1.82) is 0 Å². The van der Waals surface area contributed by atoms with Crippen LogP contribution < -0.4 is 5.73 Å². The molecule has 0 aromatic carbocycles. The molecule has 0 rings (SSSR count). The lowest BCUT2D eigenvalue weighted by Crippen LogP contribution is -2.51. The van der Waals surface area contributed by atoms with E-state index < -0.39 is 23.9 Å². The number of ether oxygens (including phenoxy) is 3. The average Bonchev–Trinajstić information content (AvgIpc) is 2.42. The Hall–Kier alpha value is -1.67. The highest BCUT2D eigenvalue weighted by Gasteiger charge is 2.29. The second-order valence-electron chi connectivity index (χ2n) is 3.79. The molecule has 0 heterocycles. The van der Waals surface area contributed by atoms with Crippen molar-refractivity contribution in [1.82, 2.24) is 4.90 Å². The summed E-state index contributed by atoms with van der Waals surface area (Å²) < 4.78 is 14.3. The number of rotatable bonds is 9. The largest absolute Gasteiger partial charge is 0.465 e. The van der Waals surface area contributed by atoms with Gasteiger partial charge in [0.2, 0.25) is 0 Å². The van der Waals surface area contributed by atoms with Gasteiger partial charge in [0.1, 0.15) is 6.54 Å². The quantitative estimate of drug-likeness (QED) is 0.425. The number of carbonyl (C=O) groups excluding carboxylic acids is 3. The maximum atomic E-state index is 12.0. The highest BCUT2D eigenvalue weighted by Crippen LogP contribution is 1.98. The predicted molar refractivity (Wildman–Crippen MR) is 69.7 cm³/mol. The van der Waals surface area contributed by atoms with Gasteiger partial charge in [0, 0.05) is 13.7 Å². The Kier molecular flexibility index (Phi) is 9.31. The molecule has 2 N–H and O–H groups in total. The van der Waals surface area contributed by atoms with Crippen LogP contribution in [0.5, 0.6) is 0 Å². The van der Waals surface area contributed by atoms with Crippen molar-refractivity contribution >= 4 is 17.8 Å². The molecule has 0 aliphatic heterocycles. The first kappa shape index (κ1) is 18.3. The number of esters is 2. The molecule has 0 aromatic rings. The molecule has 0 aliphatic carbocycles. The fourth-order valence-corrected chi connectivity index (χ4v) is 1.36. The van der Waals surface area contributed by atoms with E-state index in [9.17, 15) is 14.4 Å². The Bertz CT molecular complexity index is 334. The summed E-state index contributed by atoms with van der Waals surface area (Å²) in [4.78, 5) is 36.0. The summed E-state index contributed by atoms with van der Waals surface area (Å²) in [6, 6.07) is -1.46. The number of nitrogens with two attached hydrogens (primary N) is 1. The molecule has 1 atom stereocenters. The Labute approximate surface area is 118 Å². The van der Waals surface area contributed by atoms with Gasteiger partial charge in [0.25, 0.3) is 5.91 Å². The molecule has 0 saturated heterocycles. The first-order chi connectivity index (χ1) is 9.47. The SMILES string of the molecule is CCOC(=O)CN(CCOC)C(=O)C(N)C(=O)OCC. The number of methoxy groups -OCH3 is 1. The molecule has 1 amide bonds. The van der Waals surface area contributed by atoms with Crippen molar-refractivity contribution in [2.75, 3.05) is 40.0 Å². The van der Waals surface area contributed by atoms with E-state index in [1.807, 2.05) is 0 Å². The summed E-state index contributed by atoms with van der Waals surface area (Å²) in [6.45, 7) is 3.63. The molecule has 20 heavy (non-hydrogen) atoms. The van der Waals surface area contributed by atoms with Crippen LogP contribution in [0.4, 0.5) is 0 Å². The number of hydrogen-bond donors (Lipinski definition) is 1. The van der Waals surface area contributed by atoms with Gasteiger partial charge in [-0.3, -0.25) is 9.59 Å². The van der Waals surface area contributed by atoms with Crippen molar-refractivity contribution in [3.05, 3.63) is 0 Å². The van der Waals surface area contributed by atoms with Gasteiger partial charge in [0.15, 0.2) is 6.04 Å². The first-order valence-electron chi connectivity index (χ1n) is 6.33. The van der Waals surface area contributed by atoms with E-state index in [1.165, 1.54) is 7.11 Å². The van der Waals surface area contributed by atoms with Crippen LogP contribution in [0, 0.1) is 0 Å². The van der Waals surface area contributed by atoms with Crippen molar-refractivity contribution in [2.45, 2.75) is 19.9 Å². The lowest BCUT2D eigenvalue weighted by molar-refractivity contribution is -0.155. The third-order valence-corrected chi connectivity index (χ3v) is 2.31. The van der Waals surface area contributed by atoms with Gasteiger partial charge in [-0.1, -0.05) is 0 Å². The Morgan fingerprint density at radius 1 is 1.15 bits per heavy atom.